The summed E-state index contributed by atoms with van der Waals surface area (Å²) >= 11 is 0. The molecule has 0 bridgehead atoms. The average Bonchev–Trinajstić information content (AvgIpc) is 2.26. The first kappa shape index (κ1) is 17.7. The maximum Gasteiger partial charge on any atom is 0.422 e. The Bertz CT molecular complexity index is 598. The number of rotatable bonds is 1. The predicted octanol–water partition coefficient (Wildman–Crippen LogP) is 3.42. The highest BCUT2D eigenvalue weighted by Crippen LogP contribution is 2.41. The number of amides is 2. The van der Waals surface area contributed by atoms with Crippen LogP contribution in [0.1, 0.15) is 52.7 Å². The molecular weight excluding hydrogens is 286 g/mol. The number of nitrogen functional groups attached to an aromatic ring is 1. The molecule has 1 heterocycles. The first-order valence-electron chi connectivity index (χ1n) is 6.84. The molecule has 1 aromatic heterocycles. The second kappa shape index (κ2) is 5.47. The first-order valence-corrected chi connectivity index (χ1v) is 6.84. The van der Waals surface area contributed by atoms with Crippen molar-refractivity contribution < 1.29 is 19.8 Å². The molecule has 0 saturated heterocycles. The molecular formula is C15H23N3O4. The molecule has 0 atom stereocenters. The summed E-state index contributed by atoms with van der Waals surface area (Å²) in [5.74, 6) is -0.119. The molecule has 0 radical (unpaired) electrons. The zero-order valence-electron chi connectivity index (χ0n) is 13.8. The van der Waals surface area contributed by atoms with Crippen molar-refractivity contribution in [2.45, 2.75) is 52.4 Å². The van der Waals surface area contributed by atoms with Crippen LogP contribution in [0.15, 0.2) is 6.20 Å². The summed E-state index contributed by atoms with van der Waals surface area (Å²) in [4.78, 5) is 26.9. The van der Waals surface area contributed by atoms with Crippen molar-refractivity contribution in [2.75, 3.05) is 10.6 Å². The number of hydrogen-bond acceptors (Lipinski definition) is 4. The molecule has 1 rings (SSSR count). The Kier molecular flexibility index (Phi) is 4.41. The van der Waals surface area contributed by atoms with Crippen molar-refractivity contribution in [1.29, 1.82) is 0 Å². The molecule has 0 aliphatic heterocycles. The second-order valence-electron chi connectivity index (χ2n) is 7.19. The normalized spacial score (nSPS) is 12.1. The Morgan fingerprint density at radius 3 is 1.73 bits per heavy atom. The topological polar surface area (TPSA) is 117 Å². The van der Waals surface area contributed by atoms with Crippen molar-refractivity contribution in [3.05, 3.63) is 17.3 Å². The molecule has 1 aromatic rings. The van der Waals surface area contributed by atoms with E-state index in [1.54, 1.807) is 0 Å². The minimum absolute atomic E-state index is 0.119. The van der Waals surface area contributed by atoms with Gasteiger partial charge in [-0.25, -0.2) is 14.6 Å². The highest BCUT2D eigenvalue weighted by molar-refractivity contribution is 6.07. The van der Waals surface area contributed by atoms with Gasteiger partial charge in [-0.3, -0.25) is 0 Å². The van der Waals surface area contributed by atoms with E-state index in [9.17, 15) is 19.8 Å². The molecule has 7 heteroatoms. The zero-order chi connectivity index (χ0) is 17.5. The maximum atomic E-state index is 11.3. The lowest BCUT2D eigenvalue weighted by atomic mass is 9.74. The van der Waals surface area contributed by atoms with Crippen molar-refractivity contribution in [2.24, 2.45) is 0 Å². The van der Waals surface area contributed by atoms with Gasteiger partial charge < -0.3 is 15.9 Å². The van der Waals surface area contributed by atoms with Gasteiger partial charge in [0.15, 0.2) is 5.82 Å². The van der Waals surface area contributed by atoms with E-state index in [-0.39, 0.29) is 10.7 Å². The lowest BCUT2D eigenvalue weighted by molar-refractivity contribution is 0.184. The largest absolute Gasteiger partial charge is 0.464 e. The smallest absolute Gasteiger partial charge is 0.422 e. The van der Waals surface area contributed by atoms with Gasteiger partial charge in [-0.05, 0) is 16.4 Å². The summed E-state index contributed by atoms with van der Waals surface area (Å²) < 4.78 is 0. The van der Waals surface area contributed by atoms with Crippen molar-refractivity contribution in [3.63, 3.8) is 0 Å². The molecule has 4 N–H and O–H groups in total. The number of pyridine rings is 1. The molecule has 0 saturated carbocycles. The fourth-order valence-corrected chi connectivity index (χ4v) is 2.47. The lowest BCUT2D eigenvalue weighted by Crippen LogP contribution is -2.38. The number of hydrogen-bond donors (Lipinski definition) is 3. The van der Waals surface area contributed by atoms with Crippen LogP contribution < -0.4 is 10.6 Å². The van der Waals surface area contributed by atoms with E-state index in [1.165, 1.54) is 6.20 Å². The van der Waals surface area contributed by atoms with Gasteiger partial charge in [0.05, 0.1) is 11.9 Å². The van der Waals surface area contributed by atoms with Crippen LogP contribution >= 0.6 is 0 Å². The molecule has 0 unspecified atom stereocenters. The standard InChI is InChI=1S/C15H23N3O4/c1-14(2,3)9-8(16)7-17-11(10(9)15(4,5)6)18(12(19)20)13(21)22/h7H,16H2,1-6H3,(H,19,20)(H,21,22). The minimum Gasteiger partial charge on any atom is -0.464 e. The molecule has 0 fully saturated rings. The van der Waals surface area contributed by atoms with Gasteiger partial charge in [0, 0.05) is 5.56 Å². The van der Waals surface area contributed by atoms with Gasteiger partial charge in [0.2, 0.25) is 0 Å². The summed E-state index contributed by atoms with van der Waals surface area (Å²) in [5, 5.41) is 18.4. The molecule has 0 aliphatic carbocycles. The highest BCUT2D eigenvalue weighted by Gasteiger charge is 2.36. The lowest BCUT2D eigenvalue weighted by Gasteiger charge is -2.33. The number of imide groups is 1. The van der Waals surface area contributed by atoms with Gasteiger partial charge in [0.1, 0.15) is 0 Å². The third-order valence-electron chi connectivity index (χ3n) is 3.18. The molecule has 2 amide bonds. The van der Waals surface area contributed by atoms with Crippen LogP contribution in [0, 0.1) is 0 Å². The molecule has 0 spiro atoms. The Morgan fingerprint density at radius 2 is 1.41 bits per heavy atom. The first-order chi connectivity index (χ1) is 9.78. The number of nitrogens with two attached hydrogens (primary N) is 1. The third kappa shape index (κ3) is 3.29. The molecule has 0 aromatic carbocycles. The summed E-state index contributed by atoms with van der Waals surface area (Å²) in [5.41, 5.74) is 6.75. The van der Waals surface area contributed by atoms with E-state index < -0.39 is 23.0 Å². The number of carbonyl (C=O) groups is 2. The zero-order valence-corrected chi connectivity index (χ0v) is 13.8. The second-order valence-corrected chi connectivity index (χ2v) is 7.19. The average molecular weight is 309 g/mol. The van der Waals surface area contributed by atoms with Crippen LogP contribution in [0.3, 0.4) is 0 Å². The SMILES string of the molecule is CC(C)(C)c1c(N)cnc(N(C(=O)O)C(=O)O)c1C(C)(C)C. The van der Waals surface area contributed by atoms with E-state index in [0.717, 1.165) is 0 Å². The van der Waals surface area contributed by atoms with E-state index in [0.29, 0.717) is 16.8 Å². The molecule has 122 valence electrons. The summed E-state index contributed by atoms with van der Waals surface area (Å²) in [6.07, 6.45) is -1.89. The Morgan fingerprint density at radius 1 is 1.00 bits per heavy atom. The Labute approximate surface area is 129 Å². The third-order valence-corrected chi connectivity index (χ3v) is 3.18. The fraction of sp³-hybridized carbons (Fsp3) is 0.533. The van der Waals surface area contributed by atoms with Crippen LogP contribution in [-0.4, -0.2) is 27.4 Å². The van der Waals surface area contributed by atoms with Crippen LogP contribution in [0.2, 0.25) is 0 Å². The molecule has 0 aliphatic rings. The van der Waals surface area contributed by atoms with E-state index in [4.69, 9.17) is 5.73 Å². The number of carboxylic acid groups (broad SMARTS) is 2. The number of aromatic nitrogens is 1. The van der Waals surface area contributed by atoms with Crippen LogP contribution in [0.25, 0.3) is 0 Å². The Balaban J connectivity index is 3.89. The number of nitrogens with zero attached hydrogens (tertiary/aromatic N) is 2. The van der Waals surface area contributed by atoms with Crippen LogP contribution in [0.4, 0.5) is 21.1 Å². The van der Waals surface area contributed by atoms with E-state index in [1.807, 2.05) is 41.5 Å². The van der Waals surface area contributed by atoms with Crippen LogP contribution in [-0.2, 0) is 10.8 Å². The minimum atomic E-state index is -1.60. The summed E-state index contributed by atoms with van der Waals surface area (Å²) in [7, 11) is 0. The van der Waals surface area contributed by atoms with Gasteiger partial charge >= 0.3 is 12.2 Å². The predicted molar refractivity (Wildman–Crippen MR) is 84.6 cm³/mol. The monoisotopic (exact) mass is 309 g/mol. The summed E-state index contributed by atoms with van der Waals surface area (Å²) in [6, 6.07) is 0. The van der Waals surface area contributed by atoms with Gasteiger partial charge in [-0.15, -0.1) is 0 Å². The van der Waals surface area contributed by atoms with Gasteiger partial charge in [0.25, 0.3) is 0 Å². The maximum absolute atomic E-state index is 11.3. The molecule has 22 heavy (non-hydrogen) atoms. The van der Waals surface area contributed by atoms with Crippen molar-refractivity contribution >= 4 is 23.7 Å². The van der Waals surface area contributed by atoms with E-state index in [2.05, 4.69) is 4.98 Å². The van der Waals surface area contributed by atoms with E-state index >= 15 is 0 Å². The van der Waals surface area contributed by atoms with Gasteiger partial charge in [-0.2, -0.15) is 4.90 Å². The fourth-order valence-electron chi connectivity index (χ4n) is 2.47. The highest BCUT2D eigenvalue weighted by atomic mass is 16.4. The van der Waals surface area contributed by atoms with Gasteiger partial charge in [-0.1, -0.05) is 41.5 Å². The van der Waals surface area contributed by atoms with Crippen LogP contribution in [0.5, 0.6) is 0 Å². The quantitative estimate of drug-likeness (QED) is 0.731. The molecule has 7 nitrogen and oxygen atoms in total. The Hall–Kier alpha value is -2.31. The number of anilines is 2. The van der Waals surface area contributed by atoms with Crippen molar-refractivity contribution in [1.82, 2.24) is 4.98 Å². The van der Waals surface area contributed by atoms with Crippen molar-refractivity contribution in [3.8, 4) is 0 Å². The summed E-state index contributed by atoms with van der Waals surface area (Å²) in [6.45, 7) is 11.4.